The average Bonchev–Trinajstić information content (AvgIpc) is 2.66. The van der Waals surface area contributed by atoms with Crippen LogP contribution in [0.3, 0.4) is 0 Å². The predicted octanol–water partition coefficient (Wildman–Crippen LogP) is 2.03. The van der Waals surface area contributed by atoms with Crippen molar-refractivity contribution in [1.82, 2.24) is 5.32 Å². The van der Waals surface area contributed by atoms with Gasteiger partial charge in [0, 0.05) is 11.0 Å². The van der Waals surface area contributed by atoms with Gasteiger partial charge in [0.2, 0.25) is 0 Å². The lowest BCUT2D eigenvalue weighted by atomic mass is 10.3. The van der Waals surface area contributed by atoms with Crippen LogP contribution in [0, 0.1) is 5.82 Å². The molecule has 0 spiro atoms. The molecule has 0 bridgehead atoms. The van der Waals surface area contributed by atoms with Crippen molar-refractivity contribution in [3.8, 4) is 11.5 Å². The summed E-state index contributed by atoms with van der Waals surface area (Å²) in [4.78, 5) is 0. The molecule has 1 saturated heterocycles. The molecule has 1 unspecified atom stereocenters. The van der Waals surface area contributed by atoms with E-state index >= 15 is 0 Å². The average molecular weight is 276 g/mol. The Morgan fingerprint density at radius 2 is 2.33 bits per heavy atom. The van der Waals surface area contributed by atoms with Crippen LogP contribution in [0.5, 0.6) is 11.5 Å². The molecule has 1 heterocycles. The summed E-state index contributed by atoms with van der Waals surface area (Å²) in [6.07, 6.45) is 0.873. The minimum atomic E-state index is -0.676. The third kappa shape index (κ3) is 2.41. The van der Waals surface area contributed by atoms with E-state index in [1.54, 1.807) is 6.07 Å². The van der Waals surface area contributed by atoms with Crippen LogP contribution in [0.4, 0.5) is 4.39 Å². The molecule has 1 aliphatic heterocycles. The highest BCUT2D eigenvalue weighted by atomic mass is 79.9. The number of ether oxygens (including phenoxy) is 1. The monoisotopic (exact) mass is 275 g/mol. The van der Waals surface area contributed by atoms with Crippen LogP contribution >= 0.6 is 15.9 Å². The van der Waals surface area contributed by atoms with E-state index in [2.05, 4.69) is 21.2 Å². The summed E-state index contributed by atoms with van der Waals surface area (Å²) >= 11 is 3.15. The van der Waals surface area contributed by atoms with E-state index in [-0.39, 0.29) is 11.9 Å². The Morgan fingerprint density at radius 1 is 1.53 bits per heavy atom. The van der Waals surface area contributed by atoms with E-state index in [4.69, 9.17) is 4.74 Å². The number of halogens is 2. The van der Waals surface area contributed by atoms with E-state index in [0.29, 0.717) is 4.47 Å². The Labute approximate surface area is 95.4 Å². The first kappa shape index (κ1) is 10.7. The molecule has 1 aromatic carbocycles. The molecule has 0 aliphatic carbocycles. The second-order valence-electron chi connectivity index (χ2n) is 3.47. The van der Waals surface area contributed by atoms with Crippen molar-refractivity contribution in [1.29, 1.82) is 0 Å². The maximum atomic E-state index is 13.1. The van der Waals surface area contributed by atoms with Crippen LogP contribution in [0.1, 0.15) is 6.42 Å². The zero-order valence-electron chi connectivity index (χ0n) is 7.96. The van der Waals surface area contributed by atoms with Crippen molar-refractivity contribution in [3.05, 3.63) is 22.4 Å². The van der Waals surface area contributed by atoms with Crippen LogP contribution in [-0.4, -0.2) is 24.3 Å². The van der Waals surface area contributed by atoms with E-state index in [1.165, 1.54) is 6.07 Å². The minimum absolute atomic E-state index is 0.00426. The number of phenols is 1. The number of nitrogens with one attached hydrogen (secondary N) is 1. The van der Waals surface area contributed by atoms with Gasteiger partial charge < -0.3 is 15.2 Å². The molecule has 82 valence electrons. The van der Waals surface area contributed by atoms with E-state index < -0.39 is 11.6 Å². The lowest BCUT2D eigenvalue weighted by molar-refractivity contribution is 0.211. The molecule has 15 heavy (non-hydrogen) atoms. The topological polar surface area (TPSA) is 41.5 Å². The number of aromatic hydroxyl groups is 1. The molecule has 1 fully saturated rings. The lowest BCUT2D eigenvalue weighted by Crippen LogP contribution is -2.19. The number of rotatable bonds is 2. The van der Waals surface area contributed by atoms with Gasteiger partial charge in [0.15, 0.2) is 17.3 Å². The maximum Gasteiger partial charge on any atom is 0.194 e. The van der Waals surface area contributed by atoms with Gasteiger partial charge in [-0.1, -0.05) is 15.9 Å². The zero-order chi connectivity index (χ0) is 10.8. The lowest BCUT2D eigenvalue weighted by Gasteiger charge is -2.14. The molecule has 1 aliphatic rings. The molecule has 1 aromatic rings. The standard InChI is InChI=1S/C10H11BrFNO2/c11-6-3-8(12)10(14)9(4-6)15-7-1-2-13-5-7/h3-4,7,13-14H,1-2,5H2. The molecule has 0 aromatic heterocycles. The van der Waals surface area contributed by atoms with Gasteiger partial charge >= 0.3 is 0 Å². The van der Waals surface area contributed by atoms with E-state index in [9.17, 15) is 9.50 Å². The first-order chi connectivity index (χ1) is 7.16. The van der Waals surface area contributed by atoms with E-state index in [1.807, 2.05) is 0 Å². The fourth-order valence-electron chi connectivity index (χ4n) is 1.54. The molecule has 0 amide bonds. The molecule has 3 nitrogen and oxygen atoms in total. The van der Waals surface area contributed by atoms with Crippen LogP contribution in [-0.2, 0) is 0 Å². The van der Waals surface area contributed by atoms with Gasteiger partial charge in [-0.2, -0.15) is 0 Å². The van der Waals surface area contributed by atoms with Gasteiger partial charge in [-0.15, -0.1) is 0 Å². The molecule has 1 atom stereocenters. The Morgan fingerprint density at radius 3 is 3.00 bits per heavy atom. The van der Waals surface area contributed by atoms with Crippen LogP contribution < -0.4 is 10.1 Å². The summed E-state index contributed by atoms with van der Waals surface area (Å²) in [6.45, 7) is 1.62. The van der Waals surface area contributed by atoms with E-state index in [0.717, 1.165) is 19.5 Å². The van der Waals surface area contributed by atoms with Crippen molar-refractivity contribution in [3.63, 3.8) is 0 Å². The Kier molecular flexibility index (Phi) is 3.11. The SMILES string of the molecule is Oc1c(F)cc(Br)cc1OC1CCNC1. The van der Waals surface area contributed by atoms with Gasteiger partial charge in [-0.05, 0) is 25.1 Å². The Hall–Kier alpha value is -0.810. The number of benzene rings is 1. The molecule has 2 N–H and O–H groups in total. The summed E-state index contributed by atoms with van der Waals surface area (Å²) in [5.41, 5.74) is 0. The molecular weight excluding hydrogens is 265 g/mol. The fraction of sp³-hybridized carbons (Fsp3) is 0.400. The van der Waals surface area contributed by atoms with Crippen molar-refractivity contribution in [2.75, 3.05) is 13.1 Å². The smallest absolute Gasteiger partial charge is 0.194 e. The van der Waals surface area contributed by atoms with Gasteiger partial charge in [-0.25, -0.2) is 4.39 Å². The summed E-state index contributed by atoms with van der Waals surface area (Å²) in [5, 5.41) is 12.6. The van der Waals surface area contributed by atoms with Crippen molar-refractivity contribution >= 4 is 15.9 Å². The second-order valence-corrected chi connectivity index (χ2v) is 4.38. The van der Waals surface area contributed by atoms with Crippen molar-refractivity contribution < 1.29 is 14.2 Å². The third-order valence-corrected chi connectivity index (χ3v) is 2.76. The van der Waals surface area contributed by atoms with Crippen LogP contribution in [0.25, 0.3) is 0 Å². The number of hydrogen-bond donors (Lipinski definition) is 2. The Balaban J connectivity index is 2.19. The molecule has 0 radical (unpaired) electrons. The van der Waals surface area contributed by atoms with Gasteiger partial charge in [0.1, 0.15) is 6.10 Å². The molecule has 5 heteroatoms. The summed E-state index contributed by atoms with van der Waals surface area (Å²) in [7, 11) is 0. The third-order valence-electron chi connectivity index (χ3n) is 2.30. The zero-order valence-corrected chi connectivity index (χ0v) is 9.55. The summed E-state index contributed by atoms with van der Waals surface area (Å²) < 4.78 is 19.2. The Bertz CT molecular complexity index is 367. The highest BCUT2D eigenvalue weighted by molar-refractivity contribution is 9.10. The second kappa shape index (κ2) is 4.37. The largest absolute Gasteiger partial charge is 0.502 e. The quantitative estimate of drug-likeness (QED) is 0.868. The maximum absolute atomic E-state index is 13.1. The first-order valence-corrected chi connectivity index (χ1v) is 5.51. The summed E-state index contributed by atoms with van der Waals surface area (Å²) in [6, 6.07) is 2.77. The molecule has 0 saturated carbocycles. The molecule has 2 rings (SSSR count). The van der Waals surface area contributed by atoms with Gasteiger partial charge in [0.25, 0.3) is 0 Å². The normalized spacial score (nSPS) is 20.5. The molecular formula is C10H11BrFNO2. The van der Waals surface area contributed by atoms with Crippen LogP contribution in [0.15, 0.2) is 16.6 Å². The first-order valence-electron chi connectivity index (χ1n) is 4.72. The number of phenolic OH excluding ortho intramolecular Hbond substituents is 1. The summed E-state index contributed by atoms with van der Waals surface area (Å²) in [5.74, 6) is -0.911. The van der Waals surface area contributed by atoms with Crippen molar-refractivity contribution in [2.45, 2.75) is 12.5 Å². The predicted molar refractivity (Wildman–Crippen MR) is 57.7 cm³/mol. The van der Waals surface area contributed by atoms with Gasteiger partial charge in [0.05, 0.1) is 0 Å². The minimum Gasteiger partial charge on any atom is -0.502 e. The van der Waals surface area contributed by atoms with Gasteiger partial charge in [-0.3, -0.25) is 0 Å². The van der Waals surface area contributed by atoms with Crippen LogP contribution in [0.2, 0.25) is 0 Å². The fourth-order valence-corrected chi connectivity index (χ4v) is 1.95. The highest BCUT2D eigenvalue weighted by Gasteiger charge is 2.19. The number of hydrogen-bond acceptors (Lipinski definition) is 3. The van der Waals surface area contributed by atoms with Crippen molar-refractivity contribution in [2.24, 2.45) is 0 Å². The highest BCUT2D eigenvalue weighted by Crippen LogP contribution is 2.33.